The Morgan fingerprint density at radius 1 is 1.04 bits per heavy atom. The van der Waals surface area contributed by atoms with Gasteiger partial charge in [0.2, 0.25) is 5.91 Å². The van der Waals surface area contributed by atoms with Gasteiger partial charge in [-0.15, -0.1) is 0 Å². The summed E-state index contributed by atoms with van der Waals surface area (Å²) in [5, 5.41) is 9.53. The zero-order chi connectivity index (χ0) is 18.4. The minimum Gasteiger partial charge on any atom is -0.508 e. The molecular formula is C22H25NO3. The van der Waals surface area contributed by atoms with E-state index in [0.717, 1.165) is 24.8 Å². The highest BCUT2D eigenvalue weighted by Gasteiger charge is 2.27. The molecule has 4 heteroatoms. The number of benzene rings is 2. The highest BCUT2D eigenvalue weighted by molar-refractivity contribution is 5.83. The third-order valence-corrected chi connectivity index (χ3v) is 5.00. The first-order chi connectivity index (χ1) is 12.6. The summed E-state index contributed by atoms with van der Waals surface area (Å²) in [7, 11) is 0. The molecule has 2 aromatic carbocycles. The Hall–Kier alpha value is -2.62. The fourth-order valence-corrected chi connectivity index (χ4v) is 3.54. The first kappa shape index (κ1) is 18.2. The lowest BCUT2D eigenvalue weighted by Gasteiger charge is -2.32. The molecule has 0 radical (unpaired) electrons. The van der Waals surface area contributed by atoms with Crippen LogP contribution in [0.2, 0.25) is 0 Å². The van der Waals surface area contributed by atoms with Crippen molar-refractivity contribution in [1.82, 2.24) is 4.90 Å². The molecule has 0 unspecified atom stereocenters. The van der Waals surface area contributed by atoms with Gasteiger partial charge in [0.1, 0.15) is 11.5 Å². The molecule has 1 aliphatic heterocycles. The number of piperidine rings is 1. The lowest BCUT2D eigenvalue weighted by molar-refractivity contribution is -0.134. The van der Waals surface area contributed by atoms with Gasteiger partial charge in [-0.3, -0.25) is 9.59 Å². The summed E-state index contributed by atoms with van der Waals surface area (Å²) < 4.78 is 0. The van der Waals surface area contributed by atoms with Crippen LogP contribution in [0.4, 0.5) is 0 Å². The number of rotatable bonds is 6. The molecule has 1 saturated heterocycles. The number of ketones is 1. The van der Waals surface area contributed by atoms with E-state index in [1.54, 1.807) is 23.1 Å². The van der Waals surface area contributed by atoms with E-state index < -0.39 is 0 Å². The minimum absolute atomic E-state index is 0.0242. The molecule has 1 N–H and O–H groups in total. The molecule has 0 aliphatic carbocycles. The second-order valence-corrected chi connectivity index (χ2v) is 6.98. The van der Waals surface area contributed by atoms with Gasteiger partial charge in [-0.1, -0.05) is 42.5 Å². The Morgan fingerprint density at radius 2 is 1.81 bits per heavy atom. The largest absolute Gasteiger partial charge is 0.508 e. The molecule has 1 fully saturated rings. The molecule has 1 atom stereocenters. The van der Waals surface area contributed by atoms with E-state index in [-0.39, 0.29) is 29.8 Å². The van der Waals surface area contributed by atoms with Crippen LogP contribution in [0, 0.1) is 5.92 Å². The van der Waals surface area contributed by atoms with Gasteiger partial charge in [0.25, 0.3) is 0 Å². The monoisotopic (exact) mass is 351 g/mol. The van der Waals surface area contributed by atoms with Crippen LogP contribution < -0.4 is 0 Å². The van der Waals surface area contributed by atoms with Crippen LogP contribution in [0.3, 0.4) is 0 Å². The number of Topliss-reactive ketones (excluding diaryl/α,β-unsaturated/α-hetero) is 1. The molecule has 1 aliphatic rings. The predicted octanol–water partition coefficient (Wildman–Crippen LogP) is 3.38. The molecule has 1 heterocycles. The van der Waals surface area contributed by atoms with E-state index in [1.807, 2.05) is 36.4 Å². The van der Waals surface area contributed by atoms with Gasteiger partial charge in [0.05, 0.1) is 6.42 Å². The first-order valence-electron chi connectivity index (χ1n) is 9.24. The SMILES string of the molecule is O=C(CCc1ccccc1)[C@H]1CCCN(C(=O)Cc2cccc(O)c2)C1. The average Bonchev–Trinajstić information content (AvgIpc) is 2.67. The molecule has 3 rings (SSSR count). The van der Waals surface area contributed by atoms with Crippen molar-refractivity contribution < 1.29 is 14.7 Å². The number of phenolic OH excluding ortho intramolecular Hbond substituents is 1. The topological polar surface area (TPSA) is 57.6 Å². The molecule has 4 nitrogen and oxygen atoms in total. The fraction of sp³-hybridized carbons (Fsp3) is 0.364. The molecule has 1 amide bonds. The third-order valence-electron chi connectivity index (χ3n) is 5.00. The molecule has 2 aromatic rings. The maximum atomic E-state index is 12.6. The molecule has 0 aromatic heterocycles. The van der Waals surface area contributed by atoms with Gasteiger partial charge in [0.15, 0.2) is 0 Å². The Bertz CT molecular complexity index is 757. The highest BCUT2D eigenvalue weighted by Crippen LogP contribution is 2.21. The Kier molecular flexibility index (Phi) is 6.05. The number of phenols is 1. The zero-order valence-electron chi connectivity index (χ0n) is 14.9. The van der Waals surface area contributed by atoms with Crippen molar-refractivity contribution in [2.24, 2.45) is 5.92 Å². The number of aryl methyl sites for hydroxylation is 1. The van der Waals surface area contributed by atoms with Crippen LogP contribution in [0.1, 0.15) is 30.4 Å². The van der Waals surface area contributed by atoms with E-state index in [1.165, 1.54) is 5.56 Å². The lowest BCUT2D eigenvalue weighted by Crippen LogP contribution is -2.43. The Morgan fingerprint density at radius 3 is 2.58 bits per heavy atom. The normalized spacial score (nSPS) is 17.1. The van der Waals surface area contributed by atoms with E-state index in [2.05, 4.69) is 0 Å². The number of carbonyl (C=O) groups excluding carboxylic acids is 2. The zero-order valence-corrected chi connectivity index (χ0v) is 14.9. The second-order valence-electron chi connectivity index (χ2n) is 6.98. The quantitative estimate of drug-likeness (QED) is 0.868. The van der Waals surface area contributed by atoms with Crippen LogP contribution in [-0.4, -0.2) is 34.8 Å². The van der Waals surface area contributed by atoms with Crippen LogP contribution in [0.5, 0.6) is 5.75 Å². The molecular weight excluding hydrogens is 326 g/mol. The van der Waals surface area contributed by atoms with E-state index in [0.29, 0.717) is 19.5 Å². The van der Waals surface area contributed by atoms with Crippen LogP contribution in [0.25, 0.3) is 0 Å². The summed E-state index contributed by atoms with van der Waals surface area (Å²) in [6, 6.07) is 16.8. The number of carbonyl (C=O) groups is 2. The maximum Gasteiger partial charge on any atom is 0.227 e. The summed E-state index contributed by atoms with van der Waals surface area (Å²) >= 11 is 0. The second kappa shape index (κ2) is 8.65. The minimum atomic E-state index is -0.0550. The molecule has 0 saturated carbocycles. The van der Waals surface area contributed by atoms with Crippen LogP contribution >= 0.6 is 0 Å². The smallest absolute Gasteiger partial charge is 0.227 e. The lowest BCUT2D eigenvalue weighted by atomic mass is 9.90. The Balaban J connectivity index is 1.53. The molecule has 136 valence electrons. The molecule has 0 spiro atoms. The van der Waals surface area contributed by atoms with Crippen molar-refractivity contribution in [1.29, 1.82) is 0 Å². The Labute approximate surface area is 154 Å². The molecule has 0 bridgehead atoms. The van der Waals surface area contributed by atoms with E-state index in [4.69, 9.17) is 0 Å². The first-order valence-corrected chi connectivity index (χ1v) is 9.24. The van der Waals surface area contributed by atoms with Crippen molar-refractivity contribution in [3.05, 3.63) is 65.7 Å². The van der Waals surface area contributed by atoms with Crippen molar-refractivity contribution >= 4 is 11.7 Å². The summed E-state index contributed by atoms with van der Waals surface area (Å²) in [4.78, 5) is 26.9. The van der Waals surface area contributed by atoms with Gasteiger partial charge in [-0.25, -0.2) is 0 Å². The summed E-state index contributed by atoms with van der Waals surface area (Å²) in [6.45, 7) is 1.23. The van der Waals surface area contributed by atoms with Crippen molar-refractivity contribution in [3.8, 4) is 5.75 Å². The summed E-state index contributed by atoms with van der Waals surface area (Å²) in [5.41, 5.74) is 1.97. The van der Waals surface area contributed by atoms with Gasteiger partial charge >= 0.3 is 0 Å². The number of hydrogen-bond acceptors (Lipinski definition) is 3. The van der Waals surface area contributed by atoms with Gasteiger partial charge in [-0.05, 0) is 42.5 Å². The fourth-order valence-electron chi connectivity index (χ4n) is 3.54. The summed E-state index contributed by atoms with van der Waals surface area (Å²) in [5.74, 6) is 0.392. The number of hydrogen-bond donors (Lipinski definition) is 1. The van der Waals surface area contributed by atoms with Crippen molar-refractivity contribution in [2.45, 2.75) is 32.1 Å². The third kappa shape index (κ3) is 4.94. The number of aromatic hydroxyl groups is 1. The predicted molar refractivity (Wildman–Crippen MR) is 101 cm³/mol. The van der Waals surface area contributed by atoms with Gasteiger partial charge in [0, 0.05) is 25.4 Å². The highest BCUT2D eigenvalue weighted by atomic mass is 16.3. The standard InChI is InChI=1S/C22H25NO3/c24-20-10-4-8-18(14-20)15-22(26)23-13-5-9-19(16-23)21(25)12-11-17-6-2-1-3-7-17/h1-4,6-8,10,14,19,24H,5,9,11-13,15-16H2/t19-/m0/s1. The maximum absolute atomic E-state index is 12.6. The van der Waals surface area contributed by atoms with Gasteiger partial charge < -0.3 is 10.0 Å². The number of nitrogens with zero attached hydrogens (tertiary/aromatic N) is 1. The van der Waals surface area contributed by atoms with E-state index >= 15 is 0 Å². The van der Waals surface area contributed by atoms with Crippen LogP contribution in [0.15, 0.2) is 54.6 Å². The average molecular weight is 351 g/mol. The van der Waals surface area contributed by atoms with Crippen molar-refractivity contribution in [3.63, 3.8) is 0 Å². The molecule has 26 heavy (non-hydrogen) atoms. The number of amides is 1. The van der Waals surface area contributed by atoms with Gasteiger partial charge in [-0.2, -0.15) is 0 Å². The van der Waals surface area contributed by atoms with Crippen molar-refractivity contribution in [2.75, 3.05) is 13.1 Å². The van der Waals surface area contributed by atoms with E-state index in [9.17, 15) is 14.7 Å². The van der Waals surface area contributed by atoms with Crippen LogP contribution in [-0.2, 0) is 22.4 Å². The number of likely N-dealkylation sites (tertiary alicyclic amines) is 1. The summed E-state index contributed by atoms with van der Waals surface area (Å²) in [6.07, 6.45) is 3.28.